The average molecular weight is 376 g/mol. The van der Waals surface area contributed by atoms with E-state index >= 15 is 0 Å². The van der Waals surface area contributed by atoms with Crippen molar-refractivity contribution in [1.29, 1.82) is 0 Å². The molecular formula is C14H16BrClN2O3. The molecule has 0 aromatic heterocycles. The zero-order valence-corrected chi connectivity index (χ0v) is 13.6. The zero-order chi connectivity index (χ0) is 15.4. The molecule has 5 nitrogen and oxygen atoms in total. The van der Waals surface area contributed by atoms with E-state index in [4.69, 9.17) is 22.1 Å². The van der Waals surface area contributed by atoms with Gasteiger partial charge in [0.2, 0.25) is 11.8 Å². The van der Waals surface area contributed by atoms with Crippen LogP contribution >= 0.6 is 27.5 Å². The standard InChI is InChI=1S/C14H16BrClN2O3/c15-11-2-1-10(16)5-9(11)6-12(13(17)19)18-14(20)8-3-4-21-7-8/h1-2,5,8,12H,3-4,6-7H2,(H2,17,19)(H,18,20)/t8-,12-/m0/s1. The summed E-state index contributed by atoms with van der Waals surface area (Å²) in [5.41, 5.74) is 6.20. The summed E-state index contributed by atoms with van der Waals surface area (Å²) in [6.45, 7) is 0.956. The quantitative estimate of drug-likeness (QED) is 0.821. The second-order valence-electron chi connectivity index (χ2n) is 4.96. The first-order valence-electron chi connectivity index (χ1n) is 6.58. The minimum atomic E-state index is -0.770. The number of halogens is 2. The highest BCUT2D eigenvalue weighted by Gasteiger charge is 2.27. The Morgan fingerprint density at radius 1 is 1.52 bits per heavy atom. The van der Waals surface area contributed by atoms with Crippen LogP contribution in [-0.2, 0) is 20.7 Å². The van der Waals surface area contributed by atoms with Crippen LogP contribution in [0.4, 0.5) is 0 Å². The van der Waals surface area contributed by atoms with Gasteiger partial charge in [-0.15, -0.1) is 0 Å². The number of primary amides is 1. The molecule has 1 aromatic rings. The molecular weight excluding hydrogens is 360 g/mol. The molecule has 1 saturated heterocycles. The third-order valence-electron chi connectivity index (χ3n) is 3.39. The van der Waals surface area contributed by atoms with Crippen LogP contribution in [0.5, 0.6) is 0 Å². The Labute approximate surface area is 136 Å². The van der Waals surface area contributed by atoms with Crippen molar-refractivity contribution in [3.63, 3.8) is 0 Å². The van der Waals surface area contributed by atoms with Crippen LogP contribution in [0.25, 0.3) is 0 Å². The van der Waals surface area contributed by atoms with Gasteiger partial charge in [-0.1, -0.05) is 27.5 Å². The van der Waals surface area contributed by atoms with Gasteiger partial charge in [-0.05, 0) is 30.2 Å². The smallest absolute Gasteiger partial charge is 0.240 e. The molecule has 0 radical (unpaired) electrons. The molecule has 0 unspecified atom stereocenters. The summed E-state index contributed by atoms with van der Waals surface area (Å²) < 4.78 is 5.99. The summed E-state index contributed by atoms with van der Waals surface area (Å²) in [4.78, 5) is 23.6. The van der Waals surface area contributed by atoms with Gasteiger partial charge >= 0.3 is 0 Å². The fourth-order valence-electron chi connectivity index (χ4n) is 2.17. The van der Waals surface area contributed by atoms with Crippen LogP contribution in [0, 0.1) is 5.92 Å². The minimum Gasteiger partial charge on any atom is -0.381 e. The van der Waals surface area contributed by atoms with Gasteiger partial charge in [0.15, 0.2) is 0 Å². The molecule has 0 saturated carbocycles. The molecule has 0 aliphatic carbocycles. The molecule has 2 rings (SSSR count). The van der Waals surface area contributed by atoms with Gasteiger partial charge < -0.3 is 15.8 Å². The van der Waals surface area contributed by atoms with E-state index < -0.39 is 11.9 Å². The van der Waals surface area contributed by atoms with E-state index in [1.165, 1.54) is 0 Å². The zero-order valence-electron chi connectivity index (χ0n) is 11.3. The number of nitrogens with one attached hydrogen (secondary N) is 1. The van der Waals surface area contributed by atoms with Crippen LogP contribution in [0.3, 0.4) is 0 Å². The Kier molecular flexibility index (Phi) is 5.61. The predicted molar refractivity (Wildman–Crippen MR) is 82.9 cm³/mol. The lowest BCUT2D eigenvalue weighted by Crippen LogP contribution is -2.48. The average Bonchev–Trinajstić information content (AvgIpc) is 2.96. The molecule has 3 N–H and O–H groups in total. The third kappa shape index (κ3) is 4.43. The van der Waals surface area contributed by atoms with E-state index in [1.807, 2.05) is 0 Å². The number of amides is 2. The number of carbonyl (C=O) groups excluding carboxylic acids is 2. The van der Waals surface area contributed by atoms with E-state index in [-0.39, 0.29) is 18.2 Å². The molecule has 114 valence electrons. The molecule has 0 bridgehead atoms. The van der Waals surface area contributed by atoms with Crippen LogP contribution in [-0.4, -0.2) is 31.1 Å². The summed E-state index contributed by atoms with van der Waals surface area (Å²) in [5, 5.41) is 3.26. The van der Waals surface area contributed by atoms with Crippen molar-refractivity contribution in [2.75, 3.05) is 13.2 Å². The van der Waals surface area contributed by atoms with Crippen molar-refractivity contribution >= 4 is 39.3 Å². The lowest BCUT2D eigenvalue weighted by molar-refractivity contribution is -0.129. The Morgan fingerprint density at radius 3 is 2.90 bits per heavy atom. The normalized spacial score (nSPS) is 19.2. The van der Waals surface area contributed by atoms with Gasteiger partial charge in [-0.3, -0.25) is 9.59 Å². The Bertz CT molecular complexity index is 547. The summed E-state index contributed by atoms with van der Waals surface area (Å²) in [6.07, 6.45) is 0.952. The number of rotatable bonds is 5. The highest BCUT2D eigenvalue weighted by atomic mass is 79.9. The van der Waals surface area contributed by atoms with Crippen LogP contribution in [0.1, 0.15) is 12.0 Å². The molecule has 0 spiro atoms. The Balaban J connectivity index is 2.06. The van der Waals surface area contributed by atoms with Crippen molar-refractivity contribution in [3.8, 4) is 0 Å². The van der Waals surface area contributed by atoms with Crippen molar-refractivity contribution < 1.29 is 14.3 Å². The number of nitrogens with two attached hydrogens (primary N) is 1. The molecule has 1 aromatic carbocycles. The van der Waals surface area contributed by atoms with Gasteiger partial charge in [-0.25, -0.2) is 0 Å². The minimum absolute atomic E-state index is 0.200. The van der Waals surface area contributed by atoms with Gasteiger partial charge in [0.1, 0.15) is 6.04 Å². The van der Waals surface area contributed by atoms with Gasteiger partial charge in [0.05, 0.1) is 12.5 Å². The molecule has 7 heteroatoms. The monoisotopic (exact) mass is 374 g/mol. The molecule has 1 aliphatic rings. The van der Waals surface area contributed by atoms with E-state index in [1.54, 1.807) is 18.2 Å². The summed E-state index contributed by atoms with van der Waals surface area (Å²) in [7, 11) is 0. The maximum atomic E-state index is 12.1. The molecule has 1 heterocycles. The van der Waals surface area contributed by atoms with Crippen LogP contribution in [0.15, 0.2) is 22.7 Å². The van der Waals surface area contributed by atoms with Crippen molar-refractivity contribution in [2.24, 2.45) is 11.7 Å². The highest BCUT2D eigenvalue weighted by Crippen LogP contribution is 2.22. The summed E-state index contributed by atoms with van der Waals surface area (Å²) in [5.74, 6) is -0.988. The maximum absolute atomic E-state index is 12.1. The van der Waals surface area contributed by atoms with Crippen LogP contribution in [0.2, 0.25) is 5.02 Å². The first-order chi connectivity index (χ1) is 9.97. The summed E-state index contributed by atoms with van der Waals surface area (Å²) in [6, 6.07) is 4.50. The number of hydrogen-bond donors (Lipinski definition) is 2. The first-order valence-corrected chi connectivity index (χ1v) is 7.76. The van der Waals surface area contributed by atoms with E-state index in [2.05, 4.69) is 21.2 Å². The lowest BCUT2D eigenvalue weighted by atomic mass is 10.0. The number of ether oxygens (including phenoxy) is 1. The SMILES string of the molecule is NC(=O)[C@H](Cc1cc(Cl)ccc1Br)NC(=O)[C@H]1CCOC1. The van der Waals surface area contributed by atoms with E-state index in [0.717, 1.165) is 10.0 Å². The Morgan fingerprint density at radius 2 is 2.29 bits per heavy atom. The van der Waals surface area contributed by atoms with Gasteiger partial charge in [0, 0.05) is 22.5 Å². The van der Waals surface area contributed by atoms with Gasteiger partial charge in [-0.2, -0.15) is 0 Å². The maximum Gasteiger partial charge on any atom is 0.240 e. The molecule has 21 heavy (non-hydrogen) atoms. The van der Waals surface area contributed by atoms with E-state index in [0.29, 0.717) is 24.7 Å². The number of carbonyl (C=O) groups is 2. The fraction of sp³-hybridized carbons (Fsp3) is 0.429. The van der Waals surface area contributed by atoms with Crippen molar-refractivity contribution in [1.82, 2.24) is 5.32 Å². The first kappa shape index (κ1) is 16.3. The predicted octanol–water partition coefficient (Wildman–Crippen LogP) is 1.65. The second kappa shape index (κ2) is 7.24. The molecule has 1 fully saturated rings. The highest BCUT2D eigenvalue weighted by molar-refractivity contribution is 9.10. The van der Waals surface area contributed by atoms with Crippen LogP contribution < -0.4 is 11.1 Å². The largest absolute Gasteiger partial charge is 0.381 e. The molecule has 2 atom stereocenters. The fourth-order valence-corrected chi connectivity index (χ4v) is 2.78. The van der Waals surface area contributed by atoms with Crippen molar-refractivity contribution in [3.05, 3.63) is 33.3 Å². The van der Waals surface area contributed by atoms with E-state index in [9.17, 15) is 9.59 Å². The van der Waals surface area contributed by atoms with Crippen molar-refractivity contribution in [2.45, 2.75) is 18.9 Å². The van der Waals surface area contributed by atoms with Gasteiger partial charge in [0.25, 0.3) is 0 Å². The second-order valence-corrected chi connectivity index (χ2v) is 6.25. The third-order valence-corrected chi connectivity index (χ3v) is 4.40. The Hall–Kier alpha value is -1.11. The molecule has 2 amide bonds. The topological polar surface area (TPSA) is 81.4 Å². The lowest BCUT2D eigenvalue weighted by Gasteiger charge is -2.18. The number of benzene rings is 1. The molecule has 1 aliphatic heterocycles. The summed E-state index contributed by atoms with van der Waals surface area (Å²) >= 11 is 9.35. The number of hydrogen-bond acceptors (Lipinski definition) is 3.